The number of esters is 1. The molecule has 1 spiro atoms. The largest absolute Gasteiger partial charge is 0.467 e. The Kier molecular flexibility index (Phi) is 5.71. The molecule has 1 aliphatic carbocycles. The molecule has 2 aliphatic rings. The summed E-state index contributed by atoms with van der Waals surface area (Å²) in [5, 5.41) is 5.40. The van der Waals surface area contributed by atoms with Gasteiger partial charge in [-0.25, -0.2) is 4.79 Å². The highest BCUT2D eigenvalue weighted by molar-refractivity contribution is 6.09. The van der Waals surface area contributed by atoms with Gasteiger partial charge in [0.1, 0.15) is 17.8 Å². The Hall–Kier alpha value is -2.84. The highest BCUT2D eigenvalue weighted by Crippen LogP contribution is 2.38. The quantitative estimate of drug-likeness (QED) is 0.560. The van der Waals surface area contributed by atoms with Crippen LogP contribution in [0, 0.1) is 5.92 Å². The zero-order chi connectivity index (χ0) is 20.3. The van der Waals surface area contributed by atoms with Crippen LogP contribution in [-0.2, 0) is 19.1 Å². The van der Waals surface area contributed by atoms with Gasteiger partial charge in [-0.2, -0.15) is 0 Å². The minimum absolute atomic E-state index is 0.00702. The van der Waals surface area contributed by atoms with Crippen molar-refractivity contribution in [3.05, 3.63) is 24.2 Å². The molecule has 0 radical (unpaired) electrons. The van der Waals surface area contributed by atoms with Crippen LogP contribution in [0.3, 0.4) is 0 Å². The molecule has 1 saturated heterocycles. The summed E-state index contributed by atoms with van der Waals surface area (Å²) in [4.78, 5) is 49.9. The second-order valence-corrected chi connectivity index (χ2v) is 7.40. The van der Waals surface area contributed by atoms with Crippen LogP contribution in [0.25, 0.3) is 0 Å². The number of carbonyl (C=O) groups is 4. The van der Waals surface area contributed by atoms with Crippen molar-refractivity contribution in [2.24, 2.45) is 5.92 Å². The molecule has 152 valence electrons. The van der Waals surface area contributed by atoms with E-state index in [1.807, 2.05) is 6.92 Å². The molecule has 2 heterocycles. The zero-order valence-electron chi connectivity index (χ0n) is 16.0. The number of nitrogens with zero attached hydrogens (tertiary/aromatic N) is 1. The number of furan rings is 1. The number of imide groups is 1. The summed E-state index contributed by atoms with van der Waals surface area (Å²) in [5.74, 6) is -1.13. The van der Waals surface area contributed by atoms with Crippen molar-refractivity contribution in [1.82, 2.24) is 15.5 Å². The molecular weight excluding hydrogens is 366 g/mol. The van der Waals surface area contributed by atoms with Gasteiger partial charge in [0.15, 0.2) is 6.61 Å². The molecule has 1 aromatic rings. The summed E-state index contributed by atoms with van der Waals surface area (Å²) in [6, 6.07) is 2.46. The van der Waals surface area contributed by atoms with Crippen molar-refractivity contribution >= 4 is 23.8 Å². The highest BCUT2D eigenvalue weighted by Gasteiger charge is 2.55. The number of urea groups is 1. The molecule has 2 N–H and O–H groups in total. The van der Waals surface area contributed by atoms with Crippen LogP contribution in [0.1, 0.15) is 51.3 Å². The first-order valence-electron chi connectivity index (χ1n) is 9.46. The molecule has 0 aromatic carbocycles. The molecule has 0 unspecified atom stereocenters. The summed E-state index contributed by atoms with van der Waals surface area (Å²) < 4.78 is 10.1. The first-order valence-corrected chi connectivity index (χ1v) is 9.46. The van der Waals surface area contributed by atoms with Crippen LogP contribution >= 0.6 is 0 Å². The molecule has 3 atom stereocenters. The summed E-state index contributed by atoms with van der Waals surface area (Å²) in [6.45, 7) is 2.65. The van der Waals surface area contributed by atoms with E-state index in [9.17, 15) is 19.2 Å². The van der Waals surface area contributed by atoms with Crippen molar-refractivity contribution in [2.75, 3.05) is 13.2 Å². The molecule has 28 heavy (non-hydrogen) atoms. The molecule has 4 amide bonds. The van der Waals surface area contributed by atoms with E-state index in [0.717, 1.165) is 24.2 Å². The standard InChI is InChI=1S/C19H25N3O6/c1-12-6-3-4-8-19(12)17(25)22(18(26)21-19)10-16(24)28-11-15(23)20-13(2)14-7-5-9-27-14/h5,7,9,12-13H,3-4,6,8,10-11H2,1-2H3,(H,20,23)(H,21,26)/t12-,13+,19+/m1/s1. The van der Waals surface area contributed by atoms with Gasteiger partial charge in [-0.05, 0) is 37.8 Å². The number of amides is 4. The normalized spacial score (nSPS) is 25.5. The Morgan fingerprint density at radius 3 is 2.89 bits per heavy atom. The number of hydrogen-bond donors (Lipinski definition) is 2. The minimum Gasteiger partial charge on any atom is -0.467 e. The van der Waals surface area contributed by atoms with Gasteiger partial charge in [-0.3, -0.25) is 19.3 Å². The molecule has 2 fully saturated rings. The van der Waals surface area contributed by atoms with E-state index in [2.05, 4.69) is 10.6 Å². The van der Waals surface area contributed by atoms with E-state index in [4.69, 9.17) is 9.15 Å². The summed E-state index contributed by atoms with van der Waals surface area (Å²) in [5.41, 5.74) is -0.925. The summed E-state index contributed by atoms with van der Waals surface area (Å²) in [6.07, 6.45) is 4.77. The SMILES string of the molecule is C[C@H](NC(=O)COC(=O)CN1C(=O)N[C@]2(CCCC[C@H]2C)C1=O)c1ccco1. The van der Waals surface area contributed by atoms with Crippen LogP contribution in [0.5, 0.6) is 0 Å². The molecule has 3 rings (SSSR count). The Morgan fingerprint density at radius 1 is 1.43 bits per heavy atom. The highest BCUT2D eigenvalue weighted by atomic mass is 16.5. The maximum absolute atomic E-state index is 12.8. The van der Waals surface area contributed by atoms with E-state index in [0.29, 0.717) is 12.2 Å². The lowest BCUT2D eigenvalue weighted by molar-refractivity contribution is -0.151. The van der Waals surface area contributed by atoms with E-state index in [1.54, 1.807) is 19.1 Å². The zero-order valence-corrected chi connectivity index (χ0v) is 16.0. The third-order valence-corrected chi connectivity index (χ3v) is 5.50. The molecule has 9 nitrogen and oxygen atoms in total. The Bertz CT molecular complexity index is 762. The first kappa shape index (κ1) is 19.9. The molecule has 0 bridgehead atoms. The van der Waals surface area contributed by atoms with Gasteiger partial charge in [-0.15, -0.1) is 0 Å². The number of ether oxygens (including phenoxy) is 1. The van der Waals surface area contributed by atoms with E-state index in [-0.39, 0.29) is 12.0 Å². The molecular formula is C19H25N3O6. The smallest absolute Gasteiger partial charge is 0.326 e. The van der Waals surface area contributed by atoms with Crippen molar-refractivity contribution < 1.29 is 28.3 Å². The lowest BCUT2D eigenvalue weighted by atomic mass is 9.73. The van der Waals surface area contributed by atoms with Gasteiger partial charge >= 0.3 is 12.0 Å². The summed E-state index contributed by atoms with van der Waals surface area (Å²) >= 11 is 0. The number of nitrogens with one attached hydrogen (secondary N) is 2. The van der Waals surface area contributed by atoms with Gasteiger partial charge in [0, 0.05) is 0 Å². The third-order valence-electron chi connectivity index (χ3n) is 5.50. The average molecular weight is 391 g/mol. The predicted molar refractivity (Wildman–Crippen MR) is 96.8 cm³/mol. The Labute approximate surface area is 162 Å². The van der Waals surface area contributed by atoms with E-state index >= 15 is 0 Å². The Balaban J connectivity index is 1.50. The van der Waals surface area contributed by atoms with Gasteiger partial charge < -0.3 is 19.8 Å². The van der Waals surface area contributed by atoms with Crippen LogP contribution in [0.15, 0.2) is 22.8 Å². The fourth-order valence-corrected chi connectivity index (χ4v) is 3.85. The molecule has 9 heteroatoms. The predicted octanol–water partition coefficient (Wildman–Crippen LogP) is 1.50. The molecule has 1 aromatic heterocycles. The average Bonchev–Trinajstić information content (AvgIpc) is 3.27. The van der Waals surface area contributed by atoms with Gasteiger partial charge in [-0.1, -0.05) is 19.8 Å². The van der Waals surface area contributed by atoms with Crippen LogP contribution in [-0.4, -0.2) is 47.4 Å². The topological polar surface area (TPSA) is 118 Å². The van der Waals surface area contributed by atoms with Crippen LogP contribution in [0.2, 0.25) is 0 Å². The Morgan fingerprint density at radius 2 is 2.21 bits per heavy atom. The van der Waals surface area contributed by atoms with E-state index in [1.165, 1.54) is 6.26 Å². The van der Waals surface area contributed by atoms with E-state index < -0.39 is 42.5 Å². The lowest BCUT2D eigenvalue weighted by Crippen LogP contribution is -2.54. The van der Waals surface area contributed by atoms with Crippen molar-refractivity contribution in [3.8, 4) is 0 Å². The third kappa shape index (κ3) is 3.88. The van der Waals surface area contributed by atoms with Gasteiger partial charge in [0.25, 0.3) is 11.8 Å². The van der Waals surface area contributed by atoms with Crippen molar-refractivity contribution in [2.45, 2.75) is 51.1 Å². The molecule has 1 aliphatic heterocycles. The second kappa shape index (κ2) is 8.04. The molecule has 1 saturated carbocycles. The number of carbonyl (C=O) groups excluding carboxylic acids is 4. The lowest BCUT2D eigenvalue weighted by Gasteiger charge is -2.36. The van der Waals surface area contributed by atoms with Crippen LogP contribution in [0.4, 0.5) is 4.79 Å². The fraction of sp³-hybridized carbons (Fsp3) is 0.579. The van der Waals surface area contributed by atoms with Gasteiger partial charge in [0.2, 0.25) is 0 Å². The van der Waals surface area contributed by atoms with Gasteiger partial charge in [0.05, 0.1) is 12.3 Å². The number of hydrogen-bond acceptors (Lipinski definition) is 6. The fourth-order valence-electron chi connectivity index (χ4n) is 3.85. The van der Waals surface area contributed by atoms with Crippen molar-refractivity contribution in [1.29, 1.82) is 0 Å². The number of rotatable bonds is 6. The summed E-state index contributed by atoms with van der Waals surface area (Å²) in [7, 11) is 0. The first-order chi connectivity index (χ1) is 13.3. The second-order valence-electron chi connectivity index (χ2n) is 7.40. The minimum atomic E-state index is -0.925. The maximum atomic E-state index is 12.8. The monoisotopic (exact) mass is 391 g/mol. The maximum Gasteiger partial charge on any atom is 0.326 e. The van der Waals surface area contributed by atoms with Crippen LogP contribution < -0.4 is 10.6 Å². The van der Waals surface area contributed by atoms with Crippen molar-refractivity contribution in [3.63, 3.8) is 0 Å².